The summed E-state index contributed by atoms with van der Waals surface area (Å²) in [6.45, 7) is 4.31. The number of nitrogens with two attached hydrogens (primary N) is 1. The summed E-state index contributed by atoms with van der Waals surface area (Å²) in [5.41, 5.74) is 6.01. The van der Waals surface area contributed by atoms with E-state index in [9.17, 15) is 0 Å². The number of nitrogens with zero attached hydrogens (tertiary/aromatic N) is 1. The predicted molar refractivity (Wildman–Crippen MR) is 83.9 cm³/mol. The Hall–Kier alpha value is -1.03. The van der Waals surface area contributed by atoms with E-state index in [1.54, 1.807) is 0 Å². The molecule has 1 fully saturated rings. The molecule has 0 bridgehead atoms. The Kier molecular flexibility index (Phi) is 5.25. The molecular weight excluding hydrogens is 254 g/mol. The molecule has 0 spiro atoms. The van der Waals surface area contributed by atoms with Crippen LogP contribution in [0, 0.1) is 6.92 Å². The third-order valence-electron chi connectivity index (χ3n) is 3.59. The predicted octanol–water partition coefficient (Wildman–Crippen LogP) is 3.22. The van der Waals surface area contributed by atoms with Crippen LogP contribution < -0.4 is 11.1 Å². The third kappa shape index (κ3) is 4.86. The lowest BCUT2D eigenvalue weighted by Gasteiger charge is -2.20. The minimum absolute atomic E-state index is 0.338. The second-order valence-corrected chi connectivity index (χ2v) is 6.94. The summed E-state index contributed by atoms with van der Waals surface area (Å²) in [7, 11) is 0. The van der Waals surface area contributed by atoms with Gasteiger partial charge in [-0.05, 0) is 38.8 Å². The van der Waals surface area contributed by atoms with Crippen LogP contribution in [-0.4, -0.2) is 18.0 Å². The number of hydrogen-bond acceptors (Lipinski definition) is 2. The van der Waals surface area contributed by atoms with Gasteiger partial charge in [-0.15, -0.1) is 11.3 Å². The highest BCUT2D eigenvalue weighted by Gasteiger charge is 2.13. The molecule has 19 heavy (non-hydrogen) atoms. The second kappa shape index (κ2) is 6.94. The fourth-order valence-corrected chi connectivity index (χ4v) is 3.66. The number of guanidine groups is 1. The van der Waals surface area contributed by atoms with Gasteiger partial charge in [-0.2, -0.15) is 0 Å². The molecule has 0 aliphatic heterocycles. The molecule has 3 nitrogen and oxygen atoms in total. The maximum absolute atomic E-state index is 6.01. The summed E-state index contributed by atoms with van der Waals surface area (Å²) in [4.78, 5) is 7.38. The smallest absolute Gasteiger partial charge is 0.189 e. The number of aryl methyl sites for hydroxylation is 1. The van der Waals surface area contributed by atoms with Crippen LogP contribution >= 0.6 is 11.3 Å². The van der Waals surface area contributed by atoms with Crippen LogP contribution in [-0.2, 0) is 6.42 Å². The first-order valence-electron chi connectivity index (χ1n) is 7.28. The van der Waals surface area contributed by atoms with Gasteiger partial charge in [-0.3, -0.25) is 4.99 Å². The topological polar surface area (TPSA) is 50.4 Å². The highest BCUT2D eigenvalue weighted by atomic mass is 32.1. The number of aliphatic imine (C=N–C) groups is 1. The lowest BCUT2D eigenvalue weighted by atomic mass is 9.96. The molecule has 0 saturated heterocycles. The molecule has 1 saturated carbocycles. The normalized spacial score (nSPS) is 19.4. The first-order chi connectivity index (χ1) is 9.13. The van der Waals surface area contributed by atoms with Crippen molar-refractivity contribution >= 4 is 17.3 Å². The summed E-state index contributed by atoms with van der Waals surface area (Å²) in [5.74, 6) is 0.618. The van der Waals surface area contributed by atoms with E-state index in [0.29, 0.717) is 18.0 Å². The molecule has 0 aromatic carbocycles. The van der Waals surface area contributed by atoms with E-state index in [1.165, 1.54) is 41.9 Å². The number of nitrogens with one attached hydrogen (secondary N) is 1. The lowest BCUT2D eigenvalue weighted by Crippen LogP contribution is -2.40. The molecule has 106 valence electrons. The molecule has 3 N–H and O–H groups in total. The van der Waals surface area contributed by atoms with Crippen molar-refractivity contribution in [2.45, 2.75) is 64.5 Å². The van der Waals surface area contributed by atoms with Gasteiger partial charge in [-0.1, -0.05) is 19.3 Å². The van der Waals surface area contributed by atoms with E-state index in [1.807, 2.05) is 11.3 Å². The first kappa shape index (κ1) is 14.4. The van der Waals surface area contributed by atoms with Gasteiger partial charge in [0, 0.05) is 22.2 Å². The maximum Gasteiger partial charge on any atom is 0.189 e. The Balaban J connectivity index is 1.80. The quantitative estimate of drug-likeness (QED) is 0.657. The average Bonchev–Trinajstić information content (AvgIpc) is 2.75. The Morgan fingerprint density at radius 1 is 1.42 bits per heavy atom. The minimum atomic E-state index is 0.338. The van der Waals surface area contributed by atoms with Crippen molar-refractivity contribution in [2.75, 3.05) is 0 Å². The van der Waals surface area contributed by atoms with Crippen LogP contribution in [0.25, 0.3) is 0 Å². The van der Waals surface area contributed by atoms with Crippen molar-refractivity contribution in [3.63, 3.8) is 0 Å². The van der Waals surface area contributed by atoms with Gasteiger partial charge in [0.25, 0.3) is 0 Å². The zero-order valence-electron chi connectivity index (χ0n) is 12.0. The maximum atomic E-state index is 6.01. The minimum Gasteiger partial charge on any atom is -0.370 e. The molecule has 1 unspecified atom stereocenters. The largest absolute Gasteiger partial charge is 0.370 e. The van der Waals surface area contributed by atoms with Crippen LogP contribution in [0.4, 0.5) is 0 Å². The molecule has 0 amide bonds. The van der Waals surface area contributed by atoms with Crippen LogP contribution in [0.1, 0.15) is 48.8 Å². The van der Waals surface area contributed by atoms with Gasteiger partial charge in [0.05, 0.1) is 6.04 Å². The number of rotatable bonds is 4. The van der Waals surface area contributed by atoms with Crippen molar-refractivity contribution < 1.29 is 0 Å². The second-order valence-electron chi connectivity index (χ2n) is 5.57. The van der Waals surface area contributed by atoms with E-state index in [2.05, 4.69) is 36.3 Å². The van der Waals surface area contributed by atoms with Gasteiger partial charge < -0.3 is 11.1 Å². The molecular formula is C15H25N3S. The van der Waals surface area contributed by atoms with E-state index >= 15 is 0 Å². The monoisotopic (exact) mass is 279 g/mol. The van der Waals surface area contributed by atoms with Crippen molar-refractivity contribution in [3.8, 4) is 0 Å². The van der Waals surface area contributed by atoms with Crippen molar-refractivity contribution in [2.24, 2.45) is 10.7 Å². The number of thiophene rings is 1. The van der Waals surface area contributed by atoms with Gasteiger partial charge in [0.15, 0.2) is 5.96 Å². The van der Waals surface area contributed by atoms with E-state index in [4.69, 9.17) is 5.73 Å². The molecule has 1 aromatic heterocycles. The van der Waals surface area contributed by atoms with Crippen LogP contribution in [0.15, 0.2) is 17.1 Å². The molecule has 0 radical (unpaired) electrons. The van der Waals surface area contributed by atoms with Crippen molar-refractivity contribution in [1.29, 1.82) is 0 Å². The fourth-order valence-electron chi connectivity index (χ4n) is 2.64. The van der Waals surface area contributed by atoms with E-state index in [-0.39, 0.29) is 0 Å². The zero-order chi connectivity index (χ0) is 13.7. The summed E-state index contributed by atoms with van der Waals surface area (Å²) >= 11 is 1.86. The average molecular weight is 279 g/mol. The lowest BCUT2D eigenvalue weighted by molar-refractivity contribution is 0.441. The molecule has 4 heteroatoms. The third-order valence-corrected chi connectivity index (χ3v) is 4.62. The van der Waals surface area contributed by atoms with Crippen LogP contribution in [0.3, 0.4) is 0 Å². The summed E-state index contributed by atoms with van der Waals surface area (Å²) in [6.07, 6.45) is 7.35. The Bertz CT molecular complexity index is 419. The first-order valence-corrected chi connectivity index (χ1v) is 8.10. The standard InChI is InChI=1S/C15H25N3S/c1-11(10-14-9-8-12(2)19-14)17-15(16)18-13-6-4-3-5-7-13/h8-9,11,13H,3-7,10H2,1-2H3,(H3,16,17,18). The van der Waals surface area contributed by atoms with Crippen molar-refractivity contribution in [3.05, 3.63) is 21.9 Å². The molecule has 1 atom stereocenters. The Morgan fingerprint density at radius 2 is 2.16 bits per heavy atom. The molecule has 1 heterocycles. The summed E-state index contributed by atoms with van der Waals surface area (Å²) in [5, 5.41) is 3.32. The van der Waals surface area contributed by atoms with Gasteiger partial charge in [0.2, 0.25) is 0 Å². The van der Waals surface area contributed by atoms with Gasteiger partial charge >= 0.3 is 0 Å². The molecule has 2 rings (SSSR count). The molecule has 1 aliphatic rings. The summed E-state index contributed by atoms with van der Waals surface area (Å²) < 4.78 is 0. The van der Waals surface area contributed by atoms with Gasteiger partial charge in [-0.25, -0.2) is 0 Å². The SMILES string of the molecule is Cc1ccc(CC(C)NC(N)=NC2CCCCC2)s1. The molecule has 1 aliphatic carbocycles. The highest BCUT2D eigenvalue weighted by Crippen LogP contribution is 2.20. The fraction of sp³-hybridized carbons (Fsp3) is 0.667. The highest BCUT2D eigenvalue weighted by molar-refractivity contribution is 7.11. The van der Waals surface area contributed by atoms with E-state index in [0.717, 1.165) is 6.42 Å². The Labute approximate surface area is 120 Å². The zero-order valence-corrected chi connectivity index (χ0v) is 12.8. The van der Waals surface area contributed by atoms with Crippen LogP contribution in [0.5, 0.6) is 0 Å². The Morgan fingerprint density at radius 3 is 2.79 bits per heavy atom. The van der Waals surface area contributed by atoms with Crippen molar-refractivity contribution in [1.82, 2.24) is 5.32 Å². The molecule has 1 aromatic rings. The van der Waals surface area contributed by atoms with E-state index < -0.39 is 0 Å². The number of hydrogen-bond donors (Lipinski definition) is 2. The van der Waals surface area contributed by atoms with Gasteiger partial charge in [0.1, 0.15) is 0 Å². The summed E-state index contributed by atoms with van der Waals surface area (Å²) in [6, 6.07) is 5.15. The van der Waals surface area contributed by atoms with Crippen LogP contribution in [0.2, 0.25) is 0 Å².